The molecule has 2 aromatic rings. The topological polar surface area (TPSA) is 76.2 Å². The van der Waals surface area contributed by atoms with Gasteiger partial charge in [0.25, 0.3) is 5.69 Å². The largest absolute Gasteiger partial charge is 0.495 e. The standard InChI is InChI=1S/C14H10N2O3S/c1-19-14-7-6-13(8-10(14)9-15)20-12-4-2-11(3-5-12)16(17)18/h2-8H,1H3. The van der Waals surface area contributed by atoms with Crippen LogP contribution in [0.3, 0.4) is 0 Å². The van der Waals surface area contributed by atoms with Crippen molar-refractivity contribution in [2.75, 3.05) is 7.11 Å². The zero-order valence-electron chi connectivity index (χ0n) is 10.6. The second kappa shape index (κ2) is 6.08. The summed E-state index contributed by atoms with van der Waals surface area (Å²) in [5.74, 6) is 0.528. The van der Waals surface area contributed by atoms with Crippen molar-refractivity contribution in [3.63, 3.8) is 0 Å². The highest BCUT2D eigenvalue weighted by Crippen LogP contribution is 2.31. The molecule has 0 radical (unpaired) electrons. The second-order valence-corrected chi connectivity index (χ2v) is 4.97. The summed E-state index contributed by atoms with van der Waals surface area (Å²) in [6.07, 6.45) is 0. The molecule has 100 valence electrons. The first kappa shape index (κ1) is 13.9. The fourth-order valence-corrected chi connectivity index (χ4v) is 2.47. The number of non-ortho nitro benzene ring substituents is 1. The fraction of sp³-hybridized carbons (Fsp3) is 0.0714. The number of methoxy groups -OCH3 is 1. The van der Waals surface area contributed by atoms with Gasteiger partial charge in [0.2, 0.25) is 0 Å². The first-order valence-corrected chi connectivity index (χ1v) is 6.46. The van der Waals surface area contributed by atoms with Crippen LogP contribution in [0.2, 0.25) is 0 Å². The first-order valence-electron chi connectivity index (χ1n) is 5.64. The molecule has 0 N–H and O–H groups in total. The number of hydrogen-bond donors (Lipinski definition) is 0. The summed E-state index contributed by atoms with van der Waals surface area (Å²) in [6, 6.07) is 13.6. The van der Waals surface area contributed by atoms with Crippen LogP contribution < -0.4 is 4.74 Å². The van der Waals surface area contributed by atoms with E-state index < -0.39 is 4.92 Å². The van der Waals surface area contributed by atoms with Crippen molar-refractivity contribution in [3.05, 3.63) is 58.1 Å². The van der Waals surface area contributed by atoms with Crippen molar-refractivity contribution >= 4 is 17.4 Å². The number of nitro benzene ring substituents is 1. The lowest BCUT2D eigenvalue weighted by Gasteiger charge is -2.05. The molecule has 0 saturated carbocycles. The van der Waals surface area contributed by atoms with E-state index in [1.807, 2.05) is 6.07 Å². The third-order valence-corrected chi connectivity index (χ3v) is 3.57. The van der Waals surface area contributed by atoms with Crippen LogP contribution in [0.25, 0.3) is 0 Å². The van der Waals surface area contributed by atoms with Crippen LogP contribution in [0.5, 0.6) is 5.75 Å². The maximum absolute atomic E-state index is 10.6. The molecular weight excluding hydrogens is 276 g/mol. The summed E-state index contributed by atoms with van der Waals surface area (Å²) in [6.45, 7) is 0. The Kier molecular flexibility index (Phi) is 4.23. The van der Waals surface area contributed by atoms with E-state index in [9.17, 15) is 10.1 Å². The summed E-state index contributed by atoms with van der Waals surface area (Å²) in [7, 11) is 1.51. The van der Waals surface area contributed by atoms with E-state index in [2.05, 4.69) is 6.07 Å². The number of benzene rings is 2. The summed E-state index contributed by atoms with van der Waals surface area (Å²) in [5.41, 5.74) is 0.515. The first-order chi connectivity index (χ1) is 9.63. The maximum atomic E-state index is 10.6. The lowest BCUT2D eigenvalue weighted by molar-refractivity contribution is -0.384. The van der Waals surface area contributed by atoms with Gasteiger partial charge in [-0.25, -0.2) is 0 Å². The minimum Gasteiger partial charge on any atom is -0.495 e. The average Bonchev–Trinajstić information content (AvgIpc) is 2.47. The molecule has 5 nitrogen and oxygen atoms in total. The number of nitriles is 1. The van der Waals surface area contributed by atoms with Crippen LogP contribution in [0.1, 0.15) is 5.56 Å². The van der Waals surface area contributed by atoms with Crippen molar-refractivity contribution < 1.29 is 9.66 Å². The van der Waals surface area contributed by atoms with Crippen LogP contribution in [0.4, 0.5) is 5.69 Å². The zero-order valence-corrected chi connectivity index (χ0v) is 11.4. The van der Waals surface area contributed by atoms with Gasteiger partial charge in [-0.05, 0) is 30.3 Å². The Bertz CT molecular complexity index is 678. The van der Waals surface area contributed by atoms with Crippen molar-refractivity contribution in [2.45, 2.75) is 9.79 Å². The summed E-state index contributed by atoms with van der Waals surface area (Å²) in [5, 5.41) is 19.6. The number of nitro groups is 1. The lowest BCUT2D eigenvalue weighted by Crippen LogP contribution is -1.88. The van der Waals surface area contributed by atoms with E-state index in [1.54, 1.807) is 24.3 Å². The van der Waals surface area contributed by atoms with Crippen molar-refractivity contribution in [3.8, 4) is 11.8 Å². The average molecular weight is 286 g/mol. The van der Waals surface area contributed by atoms with Crippen LogP contribution in [-0.4, -0.2) is 12.0 Å². The normalized spacial score (nSPS) is 9.80. The van der Waals surface area contributed by atoms with Crippen molar-refractivity contribution in [1.29, 1.82) is 5.26 Å². The Labute approximate surface area is 120 Å². The van der Waals surface area contributed by atoms with Gasteiger partial charge < -0.3 is 4.74 Å². The molecule has 0 atom stereocenters. The van der Waals surface area contributed by atoms with Crippen LogP contribution >= 0.6 is 11.8 Å². The molecule has 0 saturated heterocycles. The van der Waals surface area contributed by atoms with E-state index in [4.69, 9.17) is 10.00 Å². The quantitative estimate of drug-likeness (QED) is 0.633. The highest BCUT2D eigenvalue weighted by atomic mass is 32.2. The van der Waals surface area contributed by atoms with E-state index in [1.165, 1.54) is 31.0 Å². The Morgan fingerprint density at radius 3 is 2.40 bits per heavy atom. The molecule has 0 spiro atoms. The molecule has 0 fully saturated rings. The minimum atomic E-state index is -0.435. The molecule has 0 heterocycles. The van der Waals surface area contributed by atoms with E-state index >= 15 is 0 Å². The van der Waals surface area contributed by atoms with Gasteiger partial charge in [-0.2, -0.15) is 5.26 Å². The third-order valence-electron chi connectivity index (χ3n) is 2.57. The smallest absolute Gasteiger partial charge is 0.269 e. The molecule has 0 aliphatic rings. The minimum absolute atomic E-state index is 0.0572. The van der Waals surface area contributed by atoms with Gasteiger partial charge in [0, 0.05) is 21.9 Å². The lowest BCUT2D eigenvalue weighted by atomic mass is 10.2. The van der Waals surface area contributed by atoms with Crippen LogP contribution in [0.15, 0.2) is 52.3 Å². The Morgan fingerprint density at radius 2 is 1.85 bits per heavy atom. The van der Waals surface area contributed by atoms with E-state index in [0.717, 1.165) is 9.79 Å². The Morgan fingerprint density at radius 1 is 1.20 bits per heavy atom. The Hall–Kier alpha value is -2.52. The highest BCUT2D eigenvalue weighted by molar-refractivity contribution is 7.99. The molecule has 0 aromatic heterocycles. The van der Waals surface area contributed by atoms with Gasteiger partial charge in [-0.15, -0.1) is 0 Å². The Balaban J connectivity index is 2.22. The van der Waals surface area contributed by atoms with Crippen molar-refractivity contribution in [1.82, 2.24) is 0 Å². The van der Waals surface area contributed by atoms with Crippen molar-refractivity contribution in [2.24, 2.45) is 0 Å². The number of rotatable bonds is 4. The van der Waals surface area contributed by atoms with Gasteiger partial charge in [0.15, 0.2) is 0 Å². The van der Waals surface area contributed by atoms with Crippen LogP contribution in [-0.2, 0) is 0 Å². The number of hydrogen-bond acceptors (Lipinski definition) is 5. The van der Waals surface area contributed by atoms with Gasteiger partial charge in [-0.3, -0.25) is 10.1 Å². The molecule has 20 heavy (non-hydrogen) atoms. The predicted octanol–water partition coefficient (Wildman–Crippen LogP) is 3.63. The van der Waals surface area contributed by atoms with Gasteiger partial charge >= 0.3 is 0 Å². The third kappa shape index (κ3) is 3.08. The molecule has 2 aromatic carbocycles. The number of nitrogens with zero attached hydrogens (tertiary/aromatic N) is 2. The van der Waals surface area contributed by atoms with Crippen LogP contribution in [0, 0.1) is 21.4 Å². The summed E-state index contributed by atoms with van der Waals surface area (Å²) in [4.78, 5) is 11.9. The molecule has 0 bridgehead atoms. The van der Waals surface area contributed by atoms with Gasteiger partial charge in [0.05, 0.1) is 17.6 Å². The summed E-state index contributed by atoms with van der Waals surface area (Å²) >= 11 is 1.43. The molecule has 6 heteroatoms. The monoisotopic (exact) mass is 286 g/mol. The van der Waals surface area contributed by atoms with Gasteiger partial charge in [-0.1, -0.05) is 11.8 Å². The van der Waals surface area contributed by atoms with E-state index in [0.29, 0.717) is 11.3 Å². The fourth-order valence-electron chi connectivity index (χ4n) is 1.61. The second-order valence-electron chi connectivity index (χ2n) is 3.83. The molecule has 0 aliphatic heterocycles. The zero-order chi connectivity index (χ0) is 14.5. The van der Waals surface area contributed by atoms with Gasteiger partial charge in [0.1, 0.15) is 11.8 Å². The SMILES string of the molecule is COc1ccc(Sc2ccc([N+](=O)[O-])cc2)cc1C#N. The highest BCUT2D eigenvalue weighted by Gasteiger charge is 2.07. The molecule has 0 unspecified atom stereocenters. The molecule has 2 rings (SSSR count). The molecular formula is C14H10N2O3S. The van der Waals surface area contributed by atoms with E-state index in [-0.39, 0.29) is 5.69 Å². The summed E-state index contributed by atoms with van der Waals surface area (Å²) < 4.78 is 5.08. The predicted molar refractivity (Wildman–Crippen MR) is 74.9 cm³/mol. The molecule has 0 aliphatic carbocycles. The number of ether oxygens (including phenoxy) is 1. The molecule has 0 amide bonds. The maximum Gasteiger partial charge on any atom is 0.269 e.